The van der Waals surface area contributed by atoms with Crippen LogP contribution in [0.3, 0.4) is 0 Å². The molecule has 52 heavy (non-hydrogen) atoms. The molecule has 6 heterocycles. The highest BCUT2D eigenvalue weighted by Crippen LogP contribution is 2.32. The number of aromatic nitrogens is 4. The summed E-state index contributed by atoms with van der Waals surface area (Å²) in [5, 5.41) is 3.43. The Balaban J connectivity index is 0.833. The molecule has 2 N–H and O–H groups in total. The molecule has 0 atom stereocenters. The van der Waals surface area contributed by atoms with E-state index < -0.39 is 0 Å². The fourth-order valence-corrected chi connectivity index (χ4v) is 8.14. The van der Waals surface area contributed by atoms with Crippen LogP contribution < -0.4 is 20.0 Å². The molecule has 2 aromatic carbocycles. The number of carbonyl (C=O) groups is 2. The van der Waals surface area contributed by atoms with Gasteiger partial charge in [0.25, 0.3) is 0 Å². The molecule has 3 amide bonds. The molecule has 3 aromatic heterocycles. The Morgan fingerprint density at radius 1 is 0.788 bits per heavy atom. The van der Waals surface area contributed by atoms with E-state index in [0.717, 1.165) is 103 Å². The number of rotatable bonds is 8. The van der Waals surface area contributed by atoms with Crippen molar-refractivity contribution in [2.24, 2.45) is 5.92 Å². The van der Waals surface area contributed by atoms with Gasteiger partial charge in [-0.25, -0.2) is 14.8 Å². The van der Waals surface area contributed by atoms with Gasteiger partial charge in [0.2, 0.25) is 5.91 Å². The standard InChI is InChI=1S/C41H47N9O2/c1-4-30-5-6-31(21-27(30)2)39-34-23-36(45-40(34)44-26-43-39)35-9-7-33(24-42-35)49-19-17-47(18-20-49)25-29-11-14-48(15-12-29)32-8-10-37(28(3)22-32)50-16-13-38(51)46-41(50)52/h5-10,21-24,26,29H,4,11-20,25H2,1-3H3,(H,43,44,45)(H,46,51,52). The Labute approximate surface area is 305 Å². The number of H-pyrrole nitrogens is 1. The van der Waals surface area contributed by atoms with Gasteiger partial charge in [-0.3, -0.25) is 24.9 Å². The highest BCUT2D eigenvalue weighted by Gasteiger charge is 2.27. The summed E-state index contributed by atoms with van der Waals surface area (Å²) in [6.07, 6.45) is 7.34. The topological polar surface area (TPSA) is 114 Å². The summed E-state index contributed by atoms with van der Waals surface area (Å²) in [6.45, 7) is 14.1. The van der Waals surface area contributed by atoms with Crippen molar-refractivity contribution >= 4 is 40.0 Å². The Hall–Kier alpha value is -5.29. The molecule has 3 aliphatic rings. The molecule has 0 saturated carbocycles. The van der Waals surface area contributed by atoms with Crippen LogP contribution in [0.5, 0.6) is 0 Å². The van der Waals surface area contributed by atoms with Gasteiger partial charge in [0.1, 0.15) is 12.0 Å². The minimum Gasteiger partial charge on any atom is -0.372 e. The quantitative estimate of drug-likeness (QED) is 0.193. The van der Waals surface area contributed by atoms with Crippen LogP contribution in [0.25, 0.3) is 33.7 Å². The van der Waals surface area contributed by atoms with Gasteiger partial charge in [-0.2, -0.15) is 0 Å². The first-order valence-electron chi connectivity index (χ1n) is 18.7. The van der Waals surface area contributed by atoms with Crippen LogP contribution >= 0.6 is 0 Å². The van der Waals surface area contributed by atoms with E-state index in [4.69, 9.17) is 4.98 Å². The van der Waals surface area contributed by atoms with Crippen molar-refractivity contribution in [3.05, 3.63) is 83.8 Å². The summed E-state index contributed by atoms with van der Waals surface area (Å²) in [5.41, 5.74) is 11.6. The fourth-order valence-electron chi connectivity index (χ4n) is 8.14. The molecule has 0 spiro atoms. The second-order valence-electron chi connectivity index (χ2n) is 14.5. The molecule has 268 valence electrons. The zero-order valence-corrected chi connectivity index (χ0v) is 30.4. The lowest BCUT2D eigenvalue weighted by Gasteiger charge is -2.40. The molecule has 11 heteroatoms. The highest BCUT2D eigenvalue weighted by molar-refractivity contribution is 6.06. The zero-order chi connectivity index (χ0) is 35.8. The molecule has 3 saturated heterocycles. The van der Waals surface area contributed by atoms with Gasteiger partial charge >= 0.3 is 6.03 Å². The number of urea groups is 1. The number of aryl methyl sites for hydroxylation is 3. The third-order valence-electron chi connectivity index (χ3n) is 11.2. The predicted molar refractivity (Wildman–Crippen MR) is 207 cm³/mol. The Morgan fingerprint density at radius 3 is 2.29 bits per heavy atom. The van der Waals surface area contributed by atoms with Crippen LogP contribution in [0.15, 0.2) is 67.1 Å². The molecule has 3 fully saturated rings. The van der Waals surface area contributed by atoms with Gasteiger partial charge < -0.3 is 14.8 Å². The lowest BCUT2D eigenvalue weighted by molar-refractivity contribution is -0.120. The van der Waals surface area contributed by atoms with E-state index in [1.54, 1.807) is 11.2 Å². The first kappa shape index (κ1) is 33.8. The molecule has 11 nitrogen and oxygen atoms in total. The molecule has 0 radical (unpaired) electrons. The zero-order valence-electron chi connectivity index (χ0n) is 30.4. The summed E-state index contributed by atoms with van der Waals surface area (Å²) in [5.74, 6) is 0.486. The van der Waals surface area contributed by atoms with Crippen LogP contribution in [0.4, 0.5) is 21.9 Å². The number of piperidine rings is 1. The predicted octanol–water partition coefficient (Wildman–Crippen LogP) is 6.35. The number of benzene rings is 2. The van der Waals surface area contributed by atoms with E-state index in [1.807, 2.05) is 19.2 Å². The number of hydrogen-bond acceptors (Lipinski definition) is 8. The second kappa shape index (κ2) is 14.4. The molecule has 5 aromatic rings. The van der Waals surface area contributed by atoms with Gasteiger partial charge in [-0.05, 0) is 98.2 Å². The summed E-state index contributed by atoms with van der Waals surface area (Å²) in [7, 11) is 0. The number of nitrogens with one attached hydrogen (secondary N) is 2. The van der Waals surface area contributed by atoms with Crippen LogP contribution in [0.1, 0.15) is 42.9 Å². The summed E-state index contributed by atoms with van der Waals surface area (Å²) >= 11 is 0. The van der Waals surface area contributed by atoms with Crippen LogP contribution in [-0.4, -0.2) is 89.1 Å². The second-order valence-corrected chi connectivity index (χ2v) is 14.5. The number of amides is 3. The Kier molecular flexibility index (Phi) is 9.36. The molecular weight excluding hydrogens is 651 g/mol. The van der Waals surface area contributed by atoms with Gasteiger partial charge in [0.05, 0.1) is 29.0 Å². The van der Waals surface area contributed by atoms with Crippen molar-refractivity contribution in [3.63, 3.8) is 0 Å². The third-order valence-corrected chi connectivity index (χ3v) is 11.2. The number of nitrogens with zero attached hydrogens (tertiary/aromatic N) is 7. The van der Waals surface area contributed by atoms with Gasteiger partial charge in [0, 0.05) is 81.1 Å². The van der Waals surface area contributed by atoms with Crippen molar-refractivity contribution < 1.29 is 9.59 Å². The Bertz CT molecular complexity index is 2090. The van der Waals surface area contributed by atoms with E-state index in [2.05, 4.69) is 97.3 Å². The molecule has 0 bridgehead atoms. The van der Waals surface area contributed by atoms with Crippen LogP contribution in [0.2, 0.25) is 0 Å². The Morgan fingerprint density at radius 2 is 1.58 bits per heavy atom. The average molecular weight is 698 g/mol. The van der Waals surface area contributed by atoms with Crippen molar-refractivity contribution in [1.82, 2.24) is 30.2 Å². The molecule has 8 rings (SSSR count). The normalized spacial score (nSPS) is 17.6. The molecule has 0 unspecified atom stereocenters. The van der Waals surface area contributed by atoms with E-state index in [0.29, 0.717) is 18.9 Å². The molecule has 0 aliphatic carbocycles. The minimum absolute atomic E-state index is 0.208. The lowest BCUT2D eigenvalue weighted by atomic mass is 9.95. The summed E-state index contributed by atoms with van der Waals surface area (Å²) < 4.78 is 0. The van der Waals surface area contributed by atoms with Gasteiger partial charge in [0.15, 0.2) is 0 Å². The largest absolute Gasteiger partial charge is 0.372 e. The van der Waals surface area contributed by atoms with Gasteiger partial charge in [-0.1, -0.05) is 19.1 Å². The SMILES string of the molecule is CCc1ccc(-c2ncnc3[nH]c(-c4ccc(N5CCN(CC6CCN(c7ccc(N8CCC(=O)NC8=O)c(C)c7)CC6)CC5)cn4)cc23)cc1C. The number of fused-ring (bicyclic) bond motifs is 1. The third kappa shape index (κ3) is 6.85. The number of carbonyl (C=O) groups excluding carboxylic acids is 2. The number of anilines is 3. The van der Waals surface area contributed by atoms with Crippen LogP contribution in [-0.2, 0) is 11.2 Å². The monoisotopic (exact) mass is 697 g/mol. The minimum atomic E-state index is -0.334. The van der Waals surface area contributed by atoms with E-state index in [1.165, 1.54) is 29.7 Å². The number of aromatic amines is 1. The van der Waals surface area contributed by atoms with E-state index >= 15 is 0 Å². The summed E-state index contributed by atoms with van der Waals surface area (Å²) in [6, 6.07) is 19.0. The lowest BCUT2D eigenvalue weighted by Crippen LogP contribution is -2.49. The van der Waals surface area contributed by atoms with Crippen molar-refractivity contribution in [1.29, 1.82) is 0 Å². The van der Waals surface area contributed by atoms with E-state index in [9.17, 15) is 9.59 Å². The maximum atomic E-state index is 12.4. The van der Waals surface area contributed by atoms with Crippen molar-refractivity contribution in [2.45, 2.75) is 46.5 Å². The number of piperazine rings is 1. The highest BCUT2D eigenvalue weighted by atomic mass is 16.2. The fraction of sp³-hybridized carbons (Fsp3) is 0.390. The first-order valence-corrected chi connectivity index (χ1v) is 18.7. The maximum absolute atomic E-state index is 12.4. The average Bonchev–Trinajstić information content (AvgIpc) is 3.61. The van der Waals surface area contributed by atoms with Crippen LogP contribution in [0, 0.1) is 19.8 Å². The molecular formula is C41H47N9O2. The number of pyridine rings is 1. The smallest absolute Gasteiger partial charge is 0.328 e. The van der Waals surface area contributed by atoms with Gasteiger partial charge in [-0.15, -0.1) is 0 Å². The summed E-state index contributed by atoms with van der Waals surface area (Å²) in [4.78, 5) is 50.7. The maximum Gasteiger partial charge on any atom is 0.328 e. The van der Waals surface area contributed by atoms with Crippen molar-refractivity contribution in [3.8, 4) is 22.6 Å². The molecule has 3 aliphatic heterocycles. The number of hydrogen-bond donors (Lipinski definition) is 2. The van der Waals surface area contributed by atoms with E-state index in [-0.39, 0.29) is 11.9 Å². The first-order chi connectivity index (χ1) is 25.3. The number of imide groups is 1. The van der Waals surface area contributed by atoms with Crippen molar-refractivity contribution in [2.75, 3.05) is 67.1 Å².